The topological polar surface area (TPSA) is 150 Å². The van der Waals surface area contributed by atoms with Gasteiger partial charge in [-0.1, -0.05) is 25.5 Å². The molecule has 0 amide bonds. The SMILES string of the molecule is C[C@@H]1O[C@@H](O[C@@H]2C=C3CC[C@@H]4[C@H](CC[C@]5(C)[C@@H](c6ccc(=O)oc6)[C@@H](O)C[C@]45O)[C@@]3(C)CC2)[C@H](O)[C@H](O)[C@H]1O. The van der Waals surface area contributed by atoms with Gasteiger partial charge in [0, 0.05) is 23.8 Å². The molecule has 0 spiro atoms. The molecule has 5 aliphatic rings. The van der Waals surface area contributed by atoms with E-state index in [0.29, 0.717) is 12.8 Å². The summed E-state index contributed by atoms with van der Waals surface area (Å²) in [5.41, 5.74) is -0.0587. The highest BCUT2D eigenvalue weighted by Crippen LogP contribution is 2.70. The zero-order chi connectivity index (χ0) is 27.9. The Morgan fingerprint density at radius 3 is 2.46 bits per heavy atom. The highest BCUT2D eigenvalue weighted by molar-refractivity contribution is 5.32. The van der Waals surface area contributed by atoms with Crippen molar-refractivity contribution < 1.29 is 39.4 Å². The molecule has 4 fully saturated rings. The molecule has 0 bridgehead atoms. The summed E-state index contributed by atoms with van der Waals surface area (Å²) in [7, 11) is 0. The molecular formula is C30H42O9. The fourth-order valence-electron chi connectivity index (χ4n) is 9.25. The molecular weight excluding hydrogens is 504 g/mol. The molecule has 9 nitrogen and oxygen atoms in total. The Balaban J connectivity index is 1.23. The minimum atomic E-state index is -1.33. The normalized spacial score (nSPS) is 51.4. The van der Waals surface area contributed by atoms with Gasteiger partial charge in [0.1, 0.15) is 18.3 Å². The molecule has 1 saturated heterocycles. The first-order valence-electron chi connectivity index (χ1n) is 14.4. The molecule has 6 rings (SSSR count). The summed E-state index contributed by atoms with van der Waals surface area (Å²) >= 11 is 0. The summed E-state index contributed by atoms with van der Waals surface area (Å²) in [6.45, 7) is 6.03. The molecule has 5 N–H and O–H groups in total. The summed E-state index contributed by atoms with van der Waals surface area (Å²) in [6, 6.07) is 3.11. The Labute approximate surface area is 228 Å². The van der Waals surface area contributed by atoms with Crippen molar-refractivity contribution in [1.29, 1.82) is 0 Å². The van der Waals surface area contributed by atoms with Gasteiger partial charge in [-0.05, 0) is 74.3 Å². The Bertz CT molecular complexity index is 1160. The lowest BCUT2D eigenvalue weighted by Crippen LogP contribution is -2.60. The van der Waals surface area contributed by atoms with Crippen molar-refractivity contribution in [3.63, 3.8) is 0 Å². The average molecular weight is 547 g/mol. The van der Waals surface area contributed by atoms with Crippen LogP contribution in [-0.2, 0) is 9.47 Å². The van der Waals surface area contributed by atoms with Crippen molar-refractivity contribution in [2.45, 2.75) is 120 Å². The second-order valence-corrected chi connectivity index (χ2v) is 13.3. The second-order valence-electron chi connectivity index (χ2n) is 13.3. The number of rotatable bonds is 3. The van der Waals surface area contributed by atoms with Gasteiger partial charge < -0.3 is 39.4 Å². The molecule has 0 unspecified atom stereocenters. The van der Waals surface area contributed by atoms with Gasteiger partial charge in [0.2, 0.25) is 0 Å². The van der Waals surface area contributed by atoms with E-state index in [1.54, 1.807) is 13.0 Å². The zero-order valence-corrected chi connectivity index (χ0v) is 22.9. The van der Waals surface area contributed by atoms with Crippen LogP contribution < -0.4 is 5.63 Å². The van der Waals surface area contributed by atoms with E-state index < -0.39 is 53.5 Å². The van der Waals surface area contributed by atoms with E-state index in [9.17, 15) is 30.3 Å². The third kappa shape index (κ3) is 4.03. The van der Waals surface area contributed by atoms with Crippen LogP contribution in [0.4, 0.5) is 0 Å². The lowest BCUT2D eigenvalue weighted by molar-refractivity contribution is -0.301. The number of aliphatic hydroxyl groups excluding tert-OH is 4. The van der Waals surface area contributed by atoms with E-state index in [1.165, 1.54) is 17.9 Å². The number of ether oxygens (including phenoxy) is 2. The van der Waals surface area contributed by atoms with Crippen LogP contribution in [0.15, 0.2) is 39.3 Å². The molecule has 0 aromatic carbocycles. The fourth-order valence-corrected chi connectivity index (χ4v) is 9.25. The standard InChI is InChI=1S/C30H42O9/c1-15-24(33)25(34)26(35)27(38-15)39-18-8-10-28(2)17(12-18)5-6-20-19(28)9-11-29(3)23(21(31)13-30(20,29)36)16-4-7-22(32)37-14-16/h4,7,12,14-15,18-21,23-27,31,33-36H,5-6,8-11,13H2,1-3H3/t15-,18-,19-,20+,21-,23-,24-,25+,26+,27-,28-,29+,30-/m0/s1. The van der Waals surface area contributed by atoms with Crippen LogP contribution >= 0.6 is 0 Å². The molecule has 4 aliphatic carbocycles. The van der Waals surface area contributed by atoms with Crippen LogP contribution in [-0.4, -0.2) is 74.0 Å². The average Bonchev–Trinajstić information content (AvgIpc) is 3.11. The highest BCUT2D eigenvalue weighted by Gasteiger charge is 2.69. The largest absolute Gasteiger partial charge is 0.431 e. The van der Waals surface area contributed by atoms with Crippen LogP contribution in [0.1, 0.15) is 77.2 Å². The van der Waals surface area contributed by atoms with Crippen molar-refractivity contribution in [2.24, 2.45) is 22.7 Å². The van der Waals surface area contributed by atoms with Crippen molar-refractivity contribution in [1.82, 2.24) is 0 Å². The highest BCUT2D eigenvalue weighted by atomic mass is 16.7. The van der Waals surface area contributed by atoms with Crippen LogP contribution in [0.2, 0.25) is 0 Å². The zero-order valence-electron chi connectivity index (χ0n) is 22.9. The number of aliphatic hydroxyl groups is 5. The molecule has 3 saturated carbocycles. The van der Waals surface area contributed by atoms with Gasteiger partial charge in [-0.2, -0.15) is 0 Å². The minimum Gasteiger partial charge on any atom is -0.431 e. The van der Waals surface area contributed by atoms with E-state index in [0.717, 1.165) is 37.7 Å². The Hall–Kier alpha value is -1.59. The lowest BCUT2D eigenvalue weighted by atomic mass is 9.45. The number of hydrogen-bond donors (Lipinski definition) is 5. The number of hydrogen-bond acceptors (Lipinski definition) is 9. The molecule has 216 valence electrons. The van der Waals surface area contributed by atoms with Gasteiger partial charge in [0.15, 0.2) is 6.29 Å². The third-order valence-electron chi connectivity index (χ3n) is 11.5. The lowest BCUT2D eigenvalue weighted by Gasteiger charge is -2.61. The fraction of sp³-hybridized carbons (Fsp3) is 0.767. The molecule has 39 heavy (non-hydrogen) atoms. The summed E-state index contributed by atoms with van der Waals surface area (Å²) in [4.78, 5) is 11.6. The minimum absolute atomic E-state index is 0.0345. The van der Waals surface area contributed by atoms with Crippen molar-refractivity contribution in [3.8, 4) is 0 Å². The van der Waals surface area contributed by atoms with Gasteiger partial charge in [0.05, 0.1) is 30.2 Å². The van der Waals surface area contributed by atoms with Gasteiger partial charge in [-0.25, -0.2) is 4.79 Å². The van der Waals surface area contributed by atoms with E-state index in [4.69, 9.17) is 13.9 Å². The summed E-state index contributed by atoms with van der Waals surface area (Å²) in [6.07, 6.45) is 2.27. The maximum Gasteiger partial charge on any atom is 0.335 e. The summed E-state index contributed by atoms with van der Waals surface area (Å²) < 4.78 is 16.9. The molecule has 13 atom stereocenters. The Kier molecular flexibility index (Phi) is 6.70. The first kappa shape index (κ1) is 27.6. The first-order chi connectivity index (χ1) is 18.4. The maximum absolute atomic E-state index is 12.4. The predicted molar refractivity (Wildman–Crippen MR) is 140 cm³/mol. The predicted octanol–water partition coefficient (Wildman–Crippen LogP) is 1.98. The maximum atomic E-state index is 12.4. The molecule has 2 heterocycles. The van der Waals surface area contributed by atoms with Gasteiger partial charge >= 0.3 is 5.63 Å². The van der Waals surface area contributed by atoms with E-state index in [-0.39, 0.29) is 29.3 Å². The molecule has 1 aromatic rings. The van der Waals surface area contributed by atoms with Crippen LogP contribution in [0.25, 0.3) is 0 Å². The first-order valence-corrected chi connectivity index (χ1v) is 14.4. The van der Waals surface area contributed by atoms with E-state index in [1.807, 2.05) is 0 Å². The third-order valence-corrected chi connectivity index (χ3v) is 11.5. The van der Waals surface area contributed by atoms with Crippen LogP contribution in [0, 0.1) is 22.7 Å². The van der Waals surface area contributed by atoms with E-state index >= 15 is 0 Å². The van der Waals surface area contributed by atoms with Crippen LogP contribution in [0.5, 0.6) is 0 Å². The Morgan fingerprint density at radius 1 is 0.974 bits per heavy atom. The van der Waals surface area contributed by atoms with E-state index in [2.05, 4.69) is 19.9 Å². The second kappa shape index (κ2) is 9.48. The van der Waals surface area contributed by atoms with Gasteiger partial charge in [-0.15, -0.1) is 0 Å². The number of allylic oxidation sites excluding steroid dienone is 1. The van der Waals surface area contributed by atoms with Crippen molar-refractivity contribution in [3.05, 3.63) is 46.0 Å². The van der Waals surface area contributed by atoms with Gasteiger partial charge in [0.25, 0.3) is 0 Å². The molecule has 1 aromatic heterocycles. The molecule has 1 aliphatic heterocycles. The quantitative estimate of drug-likeness (QED) is 0.359. The van der Waals surface area contributed by atoms with Gasteiger partial charge in [-0.3, -0.25) is 0 Å². The monoisotopic (exact) mass is 546 g/mol. The summed E-state index contributed by atoms with van der Waals surface area (Å²) in [5, 5.41) is 54.3. The molecule has 0 radical (unpaired) electrons. The van der Waals surface area contributed by atoms with Crippen LogP contribution in [0.3, 0.4) is 0 Å². The molecule has 9 heteroatoms. The van der Waals surface area contributed by atoms with Crippen molar-refractivity contribution >= 4 is 0 Å². The smallest absolute Gasteiger partial charge is 0.335 e. The number of fused-ring (bicyclic) bond motifs is 5. The Morgan fingerprint density at radius 2 is 1.74 bits per heavy atom. The summed E-state index contributed by atoms with van der Waals surface area (Å²) in [5.74, 6) is -0.0169. The van der Waals surface area contributed by atoms with Crippen molar-refractivity contribution in [2.75, 3.05) is 0 Å².